The molecule has 0 unspecified atom stereocenters. The van der Waals surface area contributed by atoms with Crippen LogP contribution in [-0.4, -0.2) is 5.25 Å². The summed E-state index contributed by atoms with van der Waals surface area (Å²) in [6, 6.07) is 26.5. The third-order valence-corrected chi connectivity index (χ3v) is 6.15. The van der Waals surface area contributed by atoms with Crippen LogP contribution >= 0.6 is 11.8 Å². The number of thioether (sulfide) groups is 1. The van der Waals surface area contributed by atoms with Crippen LogP contribution in [0.15, 0.2) is 78.2 Å². The molecule has 0 aliphatic rings. The fourth-order valence-corrected chi connectivity index (χ4v) is 4.01. The van der Waals surface area contributed by atoms with Crippen molar-refractivity contribution < 1.29 is 0 Å². The molecule has 0 bridgehead atoms. The summed E-state index contributed by atoms with van der Waals surface area (Å²) in [5.74, 6) is 1.33. The molecule has 159 valence electrons. The molecule has 3 aromatic carbocycles. The summed E-state index contributed by atoms with van der Waals surface area (Å²) in [6.07, 6.45) is 5.45. The molecular formula is C30H33S. The van der Waals surface area contributed by atoms with Gasteiger partial charge in [-0.25, -0.2) is 0 Å². The second-order valence-corrected chi connectivity index (χ2v) is 9.96. The van der Waals surface area contributed by atoms with Gasteiger partial charge in [0.05, 0.1) is 0 Å². The van der Waals surface area contributed by atoms with Crippen LogP contribution < -0.4 is 0 Å². The van der Waals surface area contributed by atoms with Crippen molar-refractivity contribution in [1.82, 2.24) is 0 Å². The first-order valence-corrected chi connectivity index (χ1v) is 11.9. The molecule has 0 heterocycles. The smallest absolute Gasteiger partial charge is 0.0145 e. The van der Waals surface area contributed by atoms with Crippen molar-refractivity contribution in [2.24, 2.45) is 0 Å². The molecule has 1 heteroatoms. The molecule has 0 spiro atoms. The highest BCUT2D eigenvalue weighted by Gasteiger charge is 2.19. The summed E-state index contributed by atoms with van der Waals surface area (Å²) in [7, 11) is 0. The molecule has 0 saturated carbocycles. The molecule has 0 atom stereocenters. The minimum Gasteiger partial charge on any atom is -0.131 e. The van der Waals surface area contributed by atoms with E-state index in [0.29, 0.717) is 5.25 Å². The van der Waals surface area contributed by atoms with E-state index in [1.807, 2.05) is 11.8 Å². The Morgan fingerprint density at radius 2 is 1.26 bits per heavy atom. The van der Waals surface area contributed by atoms with E-state index in [9.17, 15) is 0 Å². The SMILES string of the molecule is Cc1ccc([CH][CH][C](Cc2ccc(C)cc2)/C(=C/SC(C)C)c2ccc(C)cc2)cc1. The molecular weight excluding hydrogens is 392 g/mol. The van der Waals surface area contributed by atoms with Crippen molar-refractivity contribution in [3.8, 4) is 0 Å². The Kier molecular flexibility index (Phi) is 8.60. The highest BCUT2D eigenvalue weighted by Crippen LogP contribution is 2.35. The summed E-state index contributed by atoms with van der Waals surface area (Å²) in [6.45, 7) is 10.9. The number of rotatable bonds is 9. The molecule has 0 aliphatic carbocycles. The number of aryl methyl sites for hydroxylation is 3. The maximum absolute atomic E-state index is 2.35. The topological polar surface area (TPSA) is 0 Å². The second kappa shape index (κ2) is 11.4. The predicted octanol–water partition coefficient (Wildman–Crippen LogP) is 8.37. The zero-order valence-electron chi connectivity index (χ0n) is 19.4. The van der Waals surface area contributed by atoms with Gasteiger partial charge in [0.15, 0.2) is 0 Å². The number of allylic oxidation sites excluding steroid dienone is 1. The number of hydrogen-bond acceptors (Lipinski definition) is 1. The van der Waals surface area contributed by atoms with Gasteiger partial charge in [-0.05, 0) is 67.7 Å². The van der Waals surface area contributed by atoms with Crippen molar-refractivity contribution >= 4 is 17.3 Å². The monoisotopic (exact) mass is 425 g/mol. The molecule has 3 rings (SSSR count). The van der Waals surface area contributed by atoms with Crippen molar-refractivity contribution in [3.05, 3.63) is 130 Å². The Balaban J connectivity index is 1.92. The summed E-state index contributed by atoms with van der Waals surface area (Å²) < 4.78 is 0. The van der Waals surface area contributed by atoms with E-state index in [1.54, 1.807) is 0 Å². The molecule has 0 amide bonds. The first-order valence-electron chi connectivity index (χ1n) is 11.0. The molecule has 0 aromatic heterocycles. The maximum atomic E-state index is 2.35. The van der Waals surface area contributed by atoms with Crippen molar-refractivity contribution in [2.45, 2.75) is 46.3 Å². The highest BCUT2D eigenvalue weighted by atomic mass is 32.2. The average Bonchev–Trinajstić information content (AvgIpc) is 2.75. The molecule has 0 N–H and O–H groups in total. The number of hydrogen-bond donors (Lipinski definition) is 0. The standard InChI is InChI=1S/C30H33S/c1-22(2)31-21-30(28-17-10-25(5)11-18-28)29(20-27-14-8-24(4)9-15-27)19-16-26-12-6-23(3)7-13-26/h6-19,21-22H,20H2,1-5H3/b30-21+. The molecule has 0 saturated heterocycles. The van der Waals surface area contributed by atoms with Gasteiger partial charge in [-0.2, -0.15) is 0 Å². The van der Waals surface area contributed by atoms with E-state index in [4.69, 9.17) is 0 Å². The van der Waals surface area contributed by atoms with E-state index in [0.717, 1.165) is 6.42 Å². The Bertz CT molecular complexity index is 960. The summed E-state index contributed by atoms with van der Waals surface area (Å²) in [5.41, 5.74) is 9.01. The van der Waals surface area contributed by atoms with Crippen molar-refractivity contribution in [2.75, 3.05) is 0 Å². The fraction of sp³-hybridized carbons (Fsp3) is 0.233. The van der Waals surface area contributed by atoms with Crippen molar-refractivity contribution in [3.63, 3.8) is 0 Å². The van der Waals surface area contributed by atoms with Gasteiger partial charge >= 0.3 is 0 Å². The van der Waals surface area contributed by atoms with Crippen molar-refractivity contribution in [1.29, 1.82) is 0 Å². The summed E-state index contributed by atoms with van der Waals surface area (Å²) >= 11 is 1.89. The van der Waals surface area contributed by atoms with Crippen LogP contribution in [0.4, 0.5) is 0 Å². The lowest BCUT2D eigenvalue weighted by Gasteiger charge is -2.21. The van der Waals surface area contributed by atoms with Gasteiger partial charge in [0, 0.05) is 11.2 Å². The van der Waals surface area contributed by atoms with Crippen LogP contribution in [0.2, 0.25) is 0 Å². The molecule has 31 heavy (non-hydrogen) atoms. The van der Waals surface area contributed by atoms with E-state index in [2.05, 4.69) is 126 Å². The average molecular weight is 426 g/mol. The summed E-state index contributed by atoms with van der Waals surface area (Å²) in [4.78, 5) is 0. The predicted molar refractivity (Wildman–Crippen MR) is 139 cm³/mol. The largest absolute Gasteiger partial charge is 0.131 e. The van der Waals surface area contributed by atoms with Gasteiger partial charge in [-0.15, -0.1) is 11.8 Å². The van der Waals surface area contributed by atoms with Crippen LogP contribution in [0.3, 0.4) is 0 Å². The van der Waals surface area contributed by atoms with Crippen LogP contribution in [0.1, 0.15) is 47.2 Å². The molecule has 0 aliphatic heterocycles. The third kappa shape index (κ3) is 7.43. The number of benzene rings is 3. The van der Waals surface area contributed by atoms with E-state index in [1.165, 1.54) is 44.9 Å². The van der Waals surface area contributed by atoms with E-state index in [-0.39, 0.29) is 0 Å². The second-order valence-electron chi connectivity index (χ2n) is 8.51. The fourth-order valence-electron chi connectivity index (χ4n) is 3.31. The quantitative estimate of drug-likeness (QED) is 0.332. The van der Waals surface area contributed by atoms with Gasteiger partial charge in [0.25, 0.3) is 0 Å². The lowest BCUT2D eigenvalue weighted by atomic mass is 9.84. The van der Waals surface area contributed by atoms with Gasteiger partial charge in [-0.3, -0.25) is 0 Å². The van der Waals surface area contributed by atoms with Gasteiger partial charge < -0.3 is 0 Å². The lowest BCUT2D eigenvalue weighted by Crippen LogP contribution is -2.08. The first-order chi connectivity index (χ1) is 14.9. The van der Waals surface area contributed by atoms with Crippen LogP contribution in [0, 0.1) is 39.5 Å². The molecule has 0 nitrogen and oxygen atoms in total. The molecule has 3 radical (unpaired) electrons. The Morgan fingerprint density at radius 3 is 1.81 bits per heavy atom. The van der Waals surface area contributed by atoms with Gasteiger partial charge in [-0.1, -0.05) is 103 Å². The first kappa shape index (κ1) is 23.4. The van der Waals surface area contributed by atoms with Crippen LogP contribution in [0.25, 0.3) is 5.57 Å². The normalized spacial score (nSPS) is 12.0. The Morgan fingerprint density at radius 1 is 0.742 bits per heavy atom. The third-order valence-electron chi connectivity index (χ3n) is 5.24. The zero-order chi connectivity index (χ0) is 22.2. The van der Waals surface area contributed by atoms with Crippen LogP contribution in [0.5, 0.6) is 0 Å². The molecule has 0 fully saturated rings. The Hall–Kier alpha value is -2.25. The van der Waals surface area contributed by atoms with E-state index < -0.39 is 0 Å². The summed E-state index contributed by atoms with van der Waals surface area (Å²) in [5, 5.41) is 2.89. The highest BCUT2D eigenvalue weighted by molar-refractivity contribution is 8.02. The minimum atomic E-state index is 0.544. The zero-order valence-corrected chi connectivity index (χ0v) is 20.2. The minimum absolute atomic E-state index is 0.544. The van der Waals surface area contributed by atoms with Gasteiger partial charge in [0.1, 0.15) is 0 Å². The van der Waals surface area contributed by atoms with Crippen LogP contribution in [-0.2, 0) is 6.42 Å². The lowest BCUT2D eigenvalue weighted by molar-refractivity contribution is 1.05. The molecule has 3 aromatic rings. The maximum Gasteiger partial charge on any atom is 0.0145 e. The van der Waals surface area contributed by atoms with E-state index >= 15 is 0 Å². The van der Waals surface area contributed by atoms with Gasteiger partial charge in [0.2, 0.25) is 0 Å². The Labute approximate surface area is 193 Å².